The van der Waals surface area contributed by atoms with Crippen molar-refractivity contribution in [2.45, 2.75) is 25.7 Å². The lowest BCUT2D eigenvalue weighted by atomic mass is 9.95. The molecule has 1 aliphatic rings. The maximum absolute atomic E-state index is 4.52. The zero-order valence-electron chi connectivity index (χ0n) is 9.72. The summed E-state index contributed by atoms with van der Waals surface area (Å²) in [6.07, 6.45) is 8.40. The highest BCUT2D eigenvalue weighted by molar-refractivity contribution is 7.18. The number of aromatic nitrogens is 3. The van der Waals surface area contributed by atoms with Gasteiger partial charge < -0.3 is 5.32 Å². The average molecular weight is 248 g/mol. The summed E-state index contributed by atoms with van der Waals surface area (Å²) in [7, 11) is 0. The minimum atomic E-state index is 0.800. The zero-order chi connectivity index (χ0) is 11.5. The summed E-state index contributed by atoms with van der Waals surface area (Å²) in [6.45, 7) is 2.35. The van der Waals surface area contributed by atoms with Gasteiger partial charge in [0.2, 0.25) is 0 Å². The van der Waals surface area contributed by atoms with Gasteiger partial charge in [-0.2, -0.15) is 0 Å². The molecule has 3 rings (SSSR count). The summed E-state index contributed by atoms with van der Waals surface area (Å²) in [5.41, 5.74) is 0.800. The van der Waals surface area contributed by atoms with Crippen LogP contribution in [0.15, 0.2) is 12.4 Å². The highest BCUT2D eigenvalue weighted by Gasteiger charge is 2.14. The molecule has 90 valence electrons. The molecule has 0 spiro atoms. The van der Waals surface area contributed by atoms with E-state index in [0.29, 0.717) is 0 Å². The number of piperidine rings is 1. The lowest BCUT2D eigenvalue weighted by Gasteiger charge is -2.21. The molecule has 2 aromatic heterocycles. The molecule has 0 bridgehead atoms. The normalized spacial score (nSPS) is 20.8. The first-order valence-electron chi connectivity index (χ1n) is 6.19. The Morgan fingerprint density at radius 3 is 3.12 bits per heavy atom. The fraction of sp³-hybridized carbons (Fsp3) is 0.583. The van der Waals surface area contributed by atoms with E-state index < -0.39 is 0 Å². The molecular formula is C12H16N4S. The summed E-state index contributed by atoms with van der Waals surface area (Å²) >= 11 is 1.68. The van der Waals surface area contributed by atoms with Gasteiger partial charge in [-0.15, -0.1) is 0 Å². The Bertz CT molecular complexity index is 457. The fourth-order valence-corrected chi connectivity index (χ4v) is 3.20. The Hall–Kier alpha value is -1.07. The van der Waals surface area contributed by atoms with E-state index in [2.05, 4.69) is 20.3 Å². The van der Waals surface area contributed by atoms with Crippen LogP contribution in [0.5, 0.6) is 0 Å². The molecule has 1 unspecified atom stereocenters. The monoisotopic (exact) mass is 248 g/mol. The second-order valence-corrected chi connectivity index (χ2v) is 5.61. The lowest BCUT2D eigenvalue weighted by molar-refractivity contribution is 0.358. The molecule has 3 heterocycles. The van der Waals surface area contributed by atoms with Gasteiger partial charge in [0.15, 0.2) is 10.5 Å². The second-order valence-electron chi connectivity index (χ2n) is 4.54. The maximum Gasteiger partial charge on any atom is 0.189 e. The number of aryl methyl sites for hydroxylation is 1. The molecular weight excluding hydrogens is 232 g/mol. The predicted molar refractivity (Wildman–Crippen MR) is 69.1 cm³/mol. The molecule has 2 aromatic rings. The van der Waals surface area contributed by atoms with E-state index in [1.165, 1.54) is 37.4 Å². The number of fused-ring (bicyclic) bond motifs is 1. The van der Waals surface area contributed by atoms with Gasteiger partial charge in [0, 0.05) is 12.4 Å². The molecule has 0 saturated carbocycles. The molecule has 5 heteroatoms. The van der Waals surface area contributed by atoms with E-state index in [4.69, 9.17) is 0 Å². The van der Waals surface area contributed by atoms with Crippen molar-refractivity contribution < 1.29 is 0 Å². The molecule has 0 amide bonds. The van der Waals surface area contributed by atoms with Crippen LogP contribution in [-0.2, 0) is 6.42 Å². The van der Waals surface area contributed by atoms with Gasteiger partial charge in [0.05, 0.1) is 5.01 Å². The molecule has 4 nitrogen and oxygen atoms in total. The van der Waals surface area contributed by atoms with Crippen molar-refractivity contribution >= 4 is 21.8 Å². The Morgan fingerprint density at radius 1 is 1.35 bits per heavy atom. The van der Waals surface area contributed by atoms with Crippen LogP contribution in [-0.4, -0.2) is 28.0 Å². The number of nitrogens with one attached hydrogen (secondary N) is 1. The van der Waals surface area contributed by atoms with Gasteiger partial charge in [0.1, 0.15) is 0 Å². The standard InChI is InChI=1S/C12H16N4S/c1-2-9(8-13-5-1)3-4-10-16-11-12(17-10)15-7-6-14-11/h6-7,9,13H,1-5,8H2. The minimum absolute atomic E-state index is 0.800. The zero-order valence-corrected chi connectivity index (χ0v) is 10.5. The summed E-state index contributed by atoms with van der Waals surface area (Å²) < 4.78 is 0. The van der Waals surface area contributed by atoms with E-state index in [9.17, 15) is 0 Å². The van der Waals surface area contributed by atoms with Crippen LogP contribution in [0.3, 0.4) is 0 Å². The Balaban J connectivity index is 1.64. The summed E-state index contributed by atoms with van der Waals surface area (Å²) in [5, 5.41) is 4.63. The summed E-state index contributed by atoms with van der Waals surface area (Å²) in [4.78, 5) is 14.0. The van der Waals surface area contributed by atoms with Gasteiger partial charge in [-0.05, 0) is 44.7 Å². The van der Waals surface area contributed by atoms with E-state index in [1.807, 2.05) is 0 Å². The molecule has 1 fully saturated rings. The number of thiazole rings is 1. The quantitative estimate of drug-likeness (QED) is 0.903. The topological polar surface area (TPSA) is 50.7 Å². The lowest BCUT2D eigenvalue weighted by Crippen LogP contribution is -2.29. The van der Waals surface area contributed by atoms with Crippen LogP contribution >= 0.6 is 11.3 Å². The van der Waals surface area contributed by atoms with Gasteiger partial charge in [-0.3, -0.25) is 0 Å². The van der Waals surface area contributed by atoms with Crippen molar-refractivity contribution in [3.05, 3.63) is 17.4 Å². The fourth-order valence-electron chi connectivity index (χ4n) is 2.32. The first-order chi connectivity index (χ1) is 8.42. The summed E-state index contributed by atoms with van der Waals surface area (Å²) in [6, 6.07) is 0. The number of hydrogen-bond acceptors (Lipinski definition) is 5. The first-order valence-corrected chi connectivity index (χ1v) is 7.00. The van der Waals surface area contributed by atoms with Crippen molar-refractivity contribution in [1.82, 2.24) is 20.3 Å². The molecule has 1 aliphatic heterocycles. The van der Waals surface area contributed by atoms with Crippen molar-refractivity contribution in [3.8, 4) is 0 Å². The van der Waals surface area contributed by atoms with Crippen LogP contribution in [0.1, 0.15) is 24.3 Å². The van der Waals surface area contributed by atoms with Crippen LogP contribution in [0, 0.1) is 5.92 Å². The van der Waals surface area contributed by atoms with Gasteiger partial charge in [-0.25, -0.2) is 15.0 Å². The molecule has 1 atom stereocenters. The van der Waals surface area contributed by atoms with Crippen molar-refractivity contribution in [2.75, 3.05) is 13.1 Å². The van der Waals surface area contributed by atoms with E-state index >= 15 is 0 Å². The Morgan fingerprint density at radius 2 is 2.29 bits per heavy atom. The first kappa shape index (κ1) is 11.0. The van der Waals surface area contributed by atoms with Crippen molar-refractivity contribution in [3.63, 3.8) is 0 Å². The average Bonchev–Trinajstić information content (AvgIpc) is 2.80. The van der Waals surface area contributed by atoms with Crippen molar-refractivity contribution in [1.29, 1.82) is 0 Å². The largest absolute Gasteiger partial charge is 0.316 e. The molecule has 0 aromatic carbocycles. The molecule has 0 radical (unpaired) electrons. The highest BCUT2D eigenvalue weighted by Crippen LogP contribution is 2.22. The van der Waals surface area contributed by atoms with Gasteiger partial charge in [0.25, 0.3) is 0 Å². The van der Waals surface area contributed by atoms with Gasteiger partial charge in [-0.1, -0.05) is 11.3 Å². The van der Waals surface area contributed by atoms with E-state index in [-0.39, 0.29) is 0 Å². The number of rotatable bonds is 3. The highest BCUT2D eigenvalue weighted by atomic mass is 32.1. The molecule has 17 heavy (non-hydrogen) atoms. The maximum atomic E-state index is 4.52. The van der Waals surface area contributed by atoms with E-state index in [0.717, 1.165) is 22.8 Å². The SMILES string of the molecule is c1cnc2sc(CCC3CCCNC3)nc2n1. The molecule has 0 aliphatic carbocycles. The van der Waals surface area contributed by atoms with Crippen LogP contribution < -0.4 is 5.32 Å². The van der Waals surface area contributed by atoms with Crippen LogP contribution in [0.2, 0.25) is 0 Å². The smallest absolute Gasteiger partial charge is 0.189 e. The van der Waals surface area contributed by atoms with E-state index in [1.54, 1.807) is 23.7 Å². The number of nitrogens with zero attached hydrogens (tertiary/aromatic N) is 3. The molecule has 1 N–H and O–H groups in total. The van der Waals surface area contributed by atoms with Gasteiger partial charge >= 0.3 is 0 Å². The third-order valence-electron chi connectivity index (χ3n) is 3.26. The summed E-state index contributed by atoms with van der Waals surface area (Å²) in [5.74, 6) is 0.816. The number of hydrogen-bond donors (Lipinski definition) is 1. The van der Waals surface area contributed by atoms with Crippen molar-refractivity contribution in [2.24, 2.45) is 5.92 Å². The molecule has 1 saturated heterocycles. The Kier molecular flexibility index (Phi) is 3.29. The second kappa shape index (κ2) is 5.06. The predicted octanol–water partition coefficient (Wildman–Crippen LogP) is 2.02. The minimum Gasteiger partial charge on any atom is -0.316 e. The Labute approximate surface area is 105 Å². The van der Waals surface area contributed by atoms with Crippen LogP contribution in [0.25, 0.3) is 10.5 Å². The third kappa shape index (κ3) is 2.61. The third-order valence-corrected chi connectivity index (χ3v) is 4.27. The van der Waals surface area contributed by atoms with Crippen LogP contribution in [0.4, 0.5) is 0 Å².